The van der Waals surface area contributed by atoms with E-state index < -0.39 is 29.4 Å². The molecule has 2 heterocycles. The van der Waals surface area contributed by atoms with E-state index in [9.17, 15) is 19.2 Å². The van der Waals surface area contributed by atoms with Crippen LogP contribution in [0.1, 0.15) is 45.6 Å². The average molecular weight is 461 g/mol. The average Bonchev–Trinajstić information content (AvgIpc) is 2.76. The van der Waals surface area contributed by atoms with Crippen molar-refractivity contribution in [3.8, 4) is 0 Å². The first-order valence-corrected chi connectivity index (χ1v) is 11.1. The van der Waals surface area contributed by atoms with E-state index >= 15 is 0 Å². The Morgan fingerprint density at radius 2 is 1.82 bits per heavy atom. The molecule has 2 aliphatic heterocycles. The van der Waals surface area contributed by atoms with Crippen molar-refractivity contribution >= 4 is 24.0 Å². The molecule has 1 aromatic carbocycles. The van der Waals surface area contributed by atoms with E-state index in [-0.39, 0.29) is 31.4 Å². The highest BCUT2D eigenvalue weighted by atomic mass is 16.6. The van der Waals surface area contributed by atoms with Crippen molar-refractivity contribution in [1.29, 1.82) is 0 Å². The molecule has 0 radical (unpaired) electrons. The number of hydrogen-bond acceptors (Lipinski definition) is 6. The minimum absolute atomic E-state index is 0.149. The summed E-state index contributed by atoms with van der Waals surface area (Å²) in [5, 5.41) is 8.21. The van der Waals surface area contributed by atoms with E-state index in [2.05, 4.69) is 16.0 Å². The fourth-order valence-electron chi connectivity index (χ4n) is 3.79. The van der Waals surface area contributed by atoms with Gasteiger partial charge in [-0.15, -0.1) is 0 Å². The SMILES string of the molecule is CC(C)(C)OC(=O)N1CCC2(CC1)NC(=O)[C@H](CCNC(=O)OCc1ccccc1)NC2=O. The summed E-state index contributed by atoms with van der Waals surface area (Å²) < 4.78 is 10.5. The number of amides is 4. The van der Waals surface area contributed by atoms with Crippen LogP contribution < -0.4 is 16.0 Å². The number of hydrogen-bond donors (Lipinski definition) is 3. The van der Waals surface area contributed by atoms with Crippen molar-refractivity contribution in [2.75, 3.05) is 19.6 Å². The van der Waals surface area contributed by atoms with Crippen LogP contribution in [-0.2, 0) is 25.7 Å². The number of ether oxygens (including phenoxy) is 2. The molecule has 10 heteroatoms. The molecule has 2 saturated heterocycles. The molecule has 1 atom stereocenters. The maximum Gasteiger partial charge on any atom is 0.410 e. The number of rotatable bonds is 5. The van der Waals surface area contributed by atoms with Gasteiger partial charge in [-0.2, -0.15) is 0 Å². The maximum atomic E-state index is 12.8. The summed E-state index contributed by atoms with van der Waals surface area (Å²) in [6.07, 6.45) is -0.172. The predicted octanol–water partition coefficient (Wildman–Crippen LogP) is 1.69. The fourth-order valence-corrected chi connectivity index (χ4v) is 3.79. The first-order valence-electron chi connectivity index (χ1n) is 11.1. The Hall–Kier alpha value is -3.30. The summed E-state index contributed by atoms with van der Waals surface area (Å²) in [6.45, 7) is 6.32. The van der Waals surface area contributed by atoms with Gasteiger partial charge < -0.3 is 30.3 Å². The Morgan fingerprint density at radius 1 is 1.15 bits per heavy atom. The summed E-state index contributed by atoms with van der Waals surface area (Å²) in [5.41, 5.74) is -0.763. The van der Waals surface area contributed by atoms with Gasteiger partial charge in [-0.3, -0.25) is 9.59 Å². The van der Waals surface area contributed by atoms with E-state index in [1.165, 1.54) is 0 Å². The van der Waals surface area contributed by atoms with Crippen LogP contribution in [0, 0.1) is 0 Å². The van der Waals surface area contributed by atoms with Gasteiger partial charge in [0, 0.05) is 19.6 Å². The molecule has 2 aliphatic rings. The fraction of sp³-hybridized carbons (Fsp3) is 0.565. The van der Waals surface area contributed by atoms with Crippen molar-refractivity contribution in [2.45, 2.75) is 63.8 Å². The summed E-state index contributed by atoms with van der Waals surface area (Å²) in [6, 6.07) is 8.54. The number of likely N-dealkylation sites (tertiary alicyclic amines) is 1. The zero-order valence-corrected chi connectivity index (χ0v) is 19.3. The van der Waals surface area contributed by atoms with Gasteiger partial charge >= 0.3 is 12.2 Å². The van der Waals surface area contributed by atoms with Crippen molar-refractivity contribution in [3.63, 3.8) is 0 Å². The van der Waals surface area contributed by atoms with Gasteiger partial charge in [-0.1, -0.05) is 30.3 Å². The first-order chi connectivity index (χ1) is 15.6. The molecule has 0 aromatic heterocycles. The first kappa shape index (κ1) is 24.3. The van der Waals surface area contributed by atoms with Gasteiger partial charge in [0.25, 0.3) is 0 Å². The van der Waals surface area contributed by atoms with Crippen LogP contribution in [0.15, 0.2) is 30.3 Å². The molecular weight excluding hydrogens is 428 g/mol. The van der Waals surface area contributed by atoms with Crippen LogP contribution >= 0.6 is 0 Å². The number of nitrogens with one attached hydrogen (secondary N) is 3. The van der Waals surface area contributed by atoms with Crippen molar-refractivity contribution in [2.24, 2.45) is 0 Å². The highest BCUT2D eigenvalue weighted by molar-refractivity contribution is 6.00. The van der Waals surface area contributed by atoms with Gasteiger partial charge in [0.15, 0.2) is 0 Å². The standard InChI is InChI=1S/C23H32N4O6/c1-22(2,3)33-21(31)27-13-10-23(11-14-27)19(29)25-17(18(28)26-23)9-12-24-20(30)32-15-16-7-5-4-6-8-16/h4-8,17H,9-15H2,1-3H3,(H,24,30)(H,25,29)(H,26,28)/t17-/m0/s1. The normalized spacial score (nSPS) is 20.0. The topological polar surface area (TPSA) is 126 Å². The lowest BCUT2D eigenvalue weighted by atomic mass is 9.84. The smallest absolute Gasteiger partial charge is 0.410 e. The minimum Gasteiger partial charge on any atom is -0.445 e. The summed E-state index contributed by atoms with van der Waals surface area (Å²) in [7, 11) is 0. The van der Waals surface area contributed by atoms with Crippen LogP contribution in [0.5, 0.6) is 0 Å². The number of alkyl carbamates (subject to hydrolysis) is 1. The maximum absolute atomic E-state index is 12.8. The second kappa shape index (κ2) is 10.1. The van der Waals surface area contributed by atoms with Crippen LogP contribution in [-0.4, -0.2) is 65.7 Å². The highest BCUT2D eigenvalue weighted by Crippen LogP contribution is 2.26. The molecule has 4 amide bonds. The van der Waals surface area contributed by atoms with Crippen molar-refractivity contribution in [1.82, 2.24) is 20.9 Å². The molecule has 0 unspecified atom stereocenters. The molecule has 0 bridgehead atoms. The van der Waals surface area contributed by atoms with E-state index in [0.717, 1.165) is 5.56 Å². The Bertz CT molecular complexity index is 875. The van der Waals surface area contributed by atoms with Gasteiger partial charge in [0.2, 0.25) is 11.8 Å². The highest BCUT2D eigenvalue weighted by Gasteiger charge is 2.48. The zero-order chi connectivity index (χ0) is 24.1. The molecule has 0 saturated carbocycles. The largest absolute Gasteiger partial charge is 0.445 e. The third-order valence-electron chi connectivity index (χ3n) is 5.60. The number of carbonyl (C=O) groups excluding carboxylic acids is 4. The lowest BCUT2D eigenvalue weighted by molar-refractivity contribution is -0.143. The number of nitrogens with zero attached hydrogens (tertiary/aromatic N) is 1. The summed E-state index contributed by atoms with van der Waals surface area (Å²) in [5.74, 6) is -0.581. The third-order valence-corrected chi connectivity index (χ3v) is 5.60. The second-order valence-electron chi connectivity index (χ2n) is 9.34. The summed E-state index contributed by atoms with van der Waals surface area (Å²) in [4.78, 5) is 51.1. The monoisotopic (exact) mass is 460 g/mol. The van der Waals surface area contributed by atoms with Crippen LogP contribution in [0.3, 0.4) is 0 Å². The Balaban J connectivity index is 1.42. The quantitative estimate of drug-likeness (QED) is 0.614. The predicted molar refractivity (Wildman–Crippen MR) is 119 cm³/mol. The second-order valence-corrected chi connectivity index (χ2v) is 9.34. The molecule has 10 nitrogen and oxygen atoms in total. The van der Waals surface area contributed by atoms with Crippen LogP contribution in [0.2, 0.25) is 0 Å². The number of benzene rings is 1. The van der Waals surface area contributed by atoms with E-state index in [1.807, 2.05) is 30.3 Å². The number of carbonyl (C=O) groups is 4. The molecule has 3 N–H and O–H groups in total. The Labute approximate surface area is 193 Å². The number of piperazine rings is 1. The minimum atomic E-state index is -1.03. The molecule has 2 fully saturated rings. The van der Waals surface area contributed by atoms with E-state index in [4.69, 9.17) is 9.47 Å². The van der Waals surface area contributed by atoms with Gasteiger partial charge in [0.05, 0.1) is 0 Å². The summed E-state index contributed by atoms with van der Waals surface area (Å²) >= 11 is 0. The molecule has 180 valence electrons. The number of piperidine rings is 1. The molecule has 3 rings (SSSR count). The molecule has 33 heavy (non-hydrogen) atoms. The van der Waals surface area contributed by atoms with Crippen LogP contribution in [0.4, 0.5) is 9.59 Å². The van der Waals surface area contributed by atoms with E-state index in [1.54, 1.807) is 25.7 Å². The lowest BCUT2D eigenvalue weighted by Gasteiger charge is -2.45. The van der Waals surface area contributed by atoms with Gasteiger partial charge in [0.1, 0.15) is 23.8 Å². The van der Waals surface area contributed by atoms with Crippen molar-refractivity contribution < 1.29 is 28.7 Å². The Kier molecular flexibility index (Phi) is 7.45. The lowest BCUT2D eigenvalue weighted by Crippen LogP contribution is -2.72. The molecular formula is C23H32N4O6. The third kappa shape index (κ3) is 6.59. The van der Waals surface area contributed by atoms with Gasteiger partial charge in [-0.25, -0.2) is 9.59 Å². The molecule has 0 aliphatic carbocycles. The van der Waals surface area contributed by atoms with E-state index in [0.29, 0.717) is 25.9 Å². The molecule has 1 aromatic rings. The Morgan fingerprint density at radius 3 is 2.45 bits per heavy atom. The zero-order valence-electron chi connectivity index (χ0n) is 19.3. The van der Waals surface area contributed by atoms with Crippen LogP contribution in [0.25, 0.3) is 0 Å². The van der Waals surface area contributed by atoms with Crippen molar-refractivity contribution in [3.05, 3.63) is 35.9 Å². The molecule has 1 spiro atoms. The van der Waals surface area contributed by atoms with Gasteiger partial charge in [-0.05, 0) is 45.6 Å².